The summed E-state index contributed by atoms with van der Waals surface area (Å²) in [5.74, 6) is 1.47. The average molecular weight is 589 g/mol. The third kappa shape index (κ3) is 7.04. The number of hydrogen-bond acceptors (Lipinski definition) is 10. The van der Waals surface area contributed by atoms with Gasteiger partial charge in [0.2, 0.25) is 11.9 Å². The van der Waals surface area contributed by atoms with Crippen LogP contribution in [0, 0.1) is 0 Å². The Morgan fingerprint density at radius 2 is 1.62 bits per heavy atom. The number of fused-ring (bicyclic) bond motifs is 1. The molecule has 0 saturated carbocycles. The first-order valence-electron chi connectivity index (χ1n) is 12.7. The summed E-state index contributed by atoms with van der Waals surface area (Å²) in [6, 6.07) is 19.5. The summed E-state index contributed by atoms with van der Waals surface area (Å²) in [5, 5.41) is 9.45. The number of hydrogen-bond donors (Lipinski definition) is 3. The van der Waals surface area contributed by atoms with Crippen molar-refractivity contribution in [3.05, 3.63) is 93.8 Å². The van der Waals surface area contributed by atoms with Gasteiger partial charge in [-0.25, -0.2) is 9.59 Å². The number of carbonyl (C=O) groups excluding carboxylic acids is 1. The van der Waals surface area contributed by atoms with Gasteiger partial charge in [0, 0.05) is 17.3 Å². The molecule has 2 heterocycles. The minimum atomic E-state index is -0.605. The Labute approximate surface area is 244 Å². The third-order valence-electron chi connectivity index (χ3n) is 5.90. The van der Waals surface area contributed by atoms with Gasteiger partial charge in [-0.3, -0.25) is 5.32 Å². The first-order valence-corrected chi connectivity index (χ1v) is 13.0. The lowest BCUT2D eigenvalue weighted by molar-refractivity contribution is 0.262. The summed E-state index contributed by atoms with van der Waals surface area (Å²) in [6.07, 6.45) is 0.590. The van der Waals surface area contributed by atoms with Gasteiger partial charge < -0.3 is 29.3 Å². The SMILES string of the molecule is COc1ccc(CCNc2nc(NC(=O)Nc3ccc(Cl)cc3)nc(Oc3cc(=O)oc4ccccc34)n2)cc1OC. The number of rotatable bonds is 10. The van der Waals surface area contributed by atoms with Gasteiger partial charge in [0.1, 0.15) is 11.3 Å². The van der Waals surface area contributed by atoms with E-state index in [9.17, 15) is 9.59 Å². The highest BCUT2D eigenvalue weighted by atomic mass is 35.5. The lowest BCUT2D eigenvalue weighted by Gasteiger charge is -2.12. The molecule has 0 aliphatic rings. The molecule has 5 rings (SSSR count). The highest BCUT2D eigenvalue weighted by Crippen LogP contribution is 2.29. The van der Waals surface area contributed by atoms with Crippen LogP contribution in [-0.2, 0) is 6.42 Å². The molecular weight excluding hydrogens is 564 g/mol. The Morgan fingerprint density at radius 1 is 0.857 bits per heavy atom. The average Bonchev–Trinajstić information content (AvgIpc) is 2.98. The number of aromatic nitrogens is 3. The van der Waals surface area contributed by atoms with Crippen molar-refractivity contribution in [3.8, 4) is 23.3 Å². The number of nitrogens with zero attached hydrogens (tertiary/aromatic N) is 3. The van der Waals surface area contributed by atoms with E-state index in [2.05, 4.69) is 30.9 Å². The zero-order chi connectivity index (χ0) is 29.5. The van der Waals surface area contributed by atoms with Crippen LogP contribution in [0.2, 0.25) is 5.02 Å². The number of carbonyl (C=O) groups is 1. The van der Waals surface area contributed by atoms with Gasteiger partial charge in [0.15, 0.2) is 11.5 Å². The Balaban J connectivity index is 1.38. The molecule has 0 saturated heterocycles. The van der Waals surface area contributed by atoms with E-state index in [0.29, 0.717) is 46.1 Å². The van der Waals surface area contributed by atoms with Crippen molar-refractivity contribution < 1.29 is 23.4 Å². The van der Waals surface area contributed by atoms with Crippen molar-refractivity contribution >= 4 is 46.2 Å². The molecule has 12 nitrogen and oxygen atoms in total. The molecule has 214 valence electrons. The normalized spacial score (nSPS) is 10.6. The Morgan fingerprint density at radius 3 is 2.40 bits per heavy atom. The lowest BCUT2D eigenvalue weighted by atomic mass is 10.1. The van der Waals surface area contributed by atoms with Crippen molar-refractivity contribution in [1.29, 1.82) is 0 Å². The molecule has 0 unspecified atom stereocenters. The maximum atomic E-state index is 12.7. The molecule has 5 aromatic rings. The van der Waals surface area contributed by atoms with Gasteiger partial charge in [0.05, 0.1) is 25.7 Å². The molecule has 0 aliphatic heterocycles. The maximum absolute atomic E-state index is 12.7. The zero-order valence-electron chi connectivity index (χ0n) is 22.5. The number of ether oxygens (including phenoxy) is 3. The van der Waals surface area contributed by atoms with E-state index < -0.39 is 11.7 Å². The quantitative estimate of drug-likeness (QED) is 0.172. The summed E-state index contributed by atoms with van der Waals surface area (Å²) in [6.45, 7) is 0.424. The van der Waals surface area contributed by atoms with Gasteiger partial charge in [-0.05, 0) is 60.5 Å². The number of nitrogens with one attached hydrogen (secondary N) is 3. The summed E-state index contributed by atoms with van der Waals surface area (Å²) in [4.78, 5) is 37.7. The Bertz CT molecular complexity index is 1780. The van der Waals surface area contributed by atoms with E-state index in [-0.39, 0.29) is 23.7 Å². The van der Waals surface area contributed by atoms with Crippen LogP contribution in [0.15, 0.2) is 82.0 Å². The van der Waals surface area contributed by atoms with Gasteiger partial charge >= 0.3 is 17.7 Å². The molecule has 3 N–H and O–H groups in total. The van der Waals surface area contributed by atoms with Crippen molar-refractivity contribution in [2.24, 2.45) is 0 Å². The summed E-state index contributed by atoms with van der Waals surface area (Å²) < 4.78 is 21.8. The van der Waals surface area contributed by atoms with E-state index in [1.165, 1.54) is 6.07 Å². The van der Waals surface area contributed by atoms with E-state index in [0.717, 1.165) is 5.56 Å². The summed E-state index contributed by atoms with van der Waals surface area (Å²) in [5.41, 5.74) is 1.22. The Hall–Kier alpha value is -5.36. The van der Waals surface area contributed by atoms with Crippen molar-refractivity contribution in [3.63, 3.8) is 0 Å². The molecule has 0 spiro atoms. The molecule has 3 aromatic carbocycles. The molecule has 0 fully saturated rings. The smallest absolute Gasteiger partial charge is 0.339 e. The molecule has 0 radical (unpaired) electrons. The lowest BCUT2D eigenvalue weighted by Crippen LogP contribution is -2.22. The fourth-order valence-electron chi connectivity index (χ4n) is 3.95. The third-order valence-corrected chi connectivity index (χ3v) is 6.15. The van der Waals surface area contributed by atoms with Gasteiger partial charge in [-0.1, -0.05) is 29.8 Å². The monoisotopic (exact) mass is 588 g/mol. The van der Waals surface area contributed by atoms with Crippen LogP contribution in [-0.4, -0.2) is 41.7 Å². The van der Waals surface area contributed by atoms with Gasteiger partial charge in [-0.15, -0.1) is 0 Å². The number of anilines is 3. The number of methoxy groups -OCH3 is 2. The second-order valence-electron chi connectivity index (χ2n) is 8.75. The van der Waals surface area contributed by atoms with E-state index in [1.54, 1.807) is 62.8 Å². The van der Waals surface area contributed by atoms with Crippen LogP contribution in [0.1, 0.15) is 5.56 Å². The van der Waals surface area contributed by atoms with Crippen LogP contribution < -0.4 is 35.8 Å². The fraction of sp³-hybridized carbons (Fsp3) is 0.138. The highest BCUT2D eigenvalue weighted by Gasteiger charge is 2.15. The summed E-state index contributed by atoms with van der Waals surface area (Å²) in [7, 11) is 3.15. The first kappa shape index (κ1) is 28.2. The number of benzene rings is 3. The molecule has 0 bridgehead atoms. The molecule has 13 heteroatoms. The molecule has 2 amide bonds. The van der Waals surface area contributed by atoms with Crippen LogP contribution in [0.4, 0.5) is 22.4 Å². The van der Waals surface area contributed by atoms with Crippen LogP contribution in [0.5, 0.6) is 23.3 Å². The van der Waals surface area contributed by atoms with Crippen LogP contribution >= 0.6 is 11.6 Å². The topological polar surface area (TPSA) is 150 Å². The predicted octanol–water partition coefficient (Wildman–Crippen LogP) is 5.74. The minimum Gasteiger partial charge on any atom is -0.493 e. The number of amides is 2. The molecule has 0 atom stereocenters. The van der Waals surface area contributed by atoms with Crippen molar-refractivity contribution in [2.45, 2.75) is 6.42 Å². The fourth-order valence-corrected chi connectivity index (χ4v) is 4.08. The zero-order valence-corrected chi connectivity index (χ0v) is 23.3. The standard InChI is InChI=1S/C29H25ClN6O6/c1-39-22-12-7-17(15-24(22)40-2)13-14-31-26-33-27(34-28(38)32-19-10-8-18(30)9-11-19)36-29(35-26)42-23-16-25(37)41-21-6-4-3-5-20(21)23/h3-12,15-16H,13-14H2,1-2H3,(H3,31,32,33,34,35,36,38). The first-order chi connectivity index (χ1) is 20.4. The number of halogens is 1. The number of urea groups is 1. The second kappa shape index (κ2) is 12.9. The predicted molar refractivity (Wildman–Crippen MR) is 158 cm³/mol. The molecular formula is C29H25ClN6O6. The van der Waals surface area contributed by atoms with Crippen LogP contribution in [0.3, 0.4) is 0 Å². The number of para-hydroxylation sites is 1. The highest BCUT2D eigenvalue weighted by molar-refractivity contribution is 6.30. The summed E-state index contributed by atoms with van der Waals surface area (Å²) >= 11 is 5.92. The molecule has 0 aliphatic carbocycles. The van der Waals surface area contributed by atoms with Crippen LogP contribution in [0.25, 0.3) is 11.0 Å². The van der Waals surface area contributed by atoms with E-state index >= 15 is 0 Å². The van der Waals surface area contributed by atoms with E-state index in [4.69, 9.17) is 30.2 Å². The van der Waals surface area contributed by atoms with Crippen molar-refractivity contribution in [2.75, 3.05) is 36.7 Å². The minimum absolute atomic E-state index is 0.0904. The molecule has 42 heavy (non-hydrogen) atoms. The van der Waals surface area contributed by atoms with Gasteiger partial charge in [-0.2, -0.15) is 15.0 Å². The largest absolute Gasteiger partial charge is 0.493 e. The van der Waals surface area contributed by atoms with Crippen molar-refractivity contribution in [1.82, 2.24) is 15.0 Å². The second-order valence-corrected chi connectivity index (χ2v) is 9.18. The van der Waals surface area contributed by atoms with Gasteiger partial charge in [0.25, 0.3) is 0 Å². The molecule has 2 aromatic heterocycles. The maximum Gasteiger partial charge on any atom is 0.339 e. The van der Waals surface area contributed by atoms with E-state index in [1.807, 2.05) is 18.2 Å². The Kier molecular flexibility index (Phi) is 8.64.